The fourth-order valence-corrected chi connectivity index (χ4v) is 4.65. The SMILES string of the molecule is Cc1c(N)cc(Br)cc1S(=O)(=O)NC1(C)CCOCC1. The summed E-state index contributed by atoms with van der Waals surface area (Å²) in [5.41, 5.74) is 6.39. The molecule has 0 aromatic heterocycles. The molecule has 2 rings (SSSR count). The van der Waals surface area contributed by atoms with Crippen molar-refractivity contribution in [2.24, 2.45) is 0 Å². The molecule has 0 aliphatic carbocycles. The number of nitrogen functional groups attached to an aromatic ring is 1. The molecule has 1 fully saturated rings. The van der Waals surface area contributed by atoms with Crippen LogP contribution >= 0.6 is 15.9 Å². The minimum absolute atomic E-state index is 0.220. The molecule has 0 saturated carbocycles. The van der Waals surface area contributed by atoms with E-state index in [0.717, 1.165) is 0 Å². The van der Waals surface area contributed by atoms with Gasteiger partial charge in [-0.2, -0.15) is 0 Å². The summed E-state index contributed by atoms with van der Waals surface area (Å²) in [4.78, 5) is 0.220. The number of hydrogen-bond donors (Lipinski definition) is 2. The highest BCUT2D eigenvalue weighted by molar-refractivity contribution is 9.10. The van der Waals surface area contributed by atoms with Gasteiger partial charge in [0.1, 0.15) is 0 Å². The van der Waals surface area contributed by atoms with Crippen LogP contribution in [0.25, 0.3) is 0 Å². The summed E-state index contributed by atoms with van der Waals surface area (Å²) < 4.78 is 33.9. The van der Waals surface area contributed by atoms with Crippen LogP contribution in [0.1, 0.15) is 25.3 Å². The van der Waals surface area contributed by atoms with Gasteiger partial charge in [0, 0.05) is 28.9 Å². The van der Waals surface area contributed by atoms with E-state index in [1.165, 1.54) is 0 Å². The van der Waals surface area contributed by atoms with E-state index in [1.54, 1.807) is 19.1 Å². The molecule has 112 valence electrons. The highest BCUT2D eigenvalue weighted by Gasteiger charge is 2.33. The second-order valence-corrected chi connectivity index (χ2v) is 7.96. The van der Waals surface area contributed by atoms with Gasteiger partial charge < -0.3 is 10.5 Å². The molecule has 0 amide bonds. The number of nitrogens with two attached hydrogens (primary N) is 1. The van der Waals surface area contributed by atoms with Crippen molar-refractivity contribution in [1.82, 2.24) is 4.72 Å². The summed E-state index contributed by atoms with van der Waals surface area (Å²) >= 11 is 3.29. The second-order valence-electron chi connectivity index (χ2n) is 5.40. The Kier molecular flexibility index (Phi) is 4.44. The molecule has 0 atom stereocenters. The zero-order valence-electron chi connectivity index (χ0n) is 11.6. The van der Waals surface area contributed by atoms with Crippen LogP contribution in [0.15, 0.2) is 21.5 Å². The van der Waals surface area contributed by atoms with Gasteiger partial charge in [-0.15, -0.1) is 0 Å². The lowest BCUT2D eigenvalue weighted by Crippen LogP contribution is -2.49. The number of nitrogens with one attached hydrogen (secondary N) is 1. The molecule has 0 spiro atoms. The normalized spacial score (nSPS) is 18.9. The van der Waals surface area contributed by atoms with Gasteiger partial charge in [0.15, 0.2) is 0 Å². The predicted molar refractivity (Wildman–Crippen MR) is 82.1 cm³/mol. The molecule has 0 bridgehead atoms. The van der Waals surface area contributed by atoms with E-state index in [-0.39, 0.29) is 4.90 Å². The largest absolute Gasteiger partial charge is 0.398 e. The average molecular weight is 363 g/mol. The predicted octanol–water partition coefficient (Wildman–Crippen LogP) is 2.19. The zero-order chi connectivity index (χ0) is 15.0. The van der Waals surface area contributed by atoms with E-state index in [9.17, 15) is 8.42 Å². The van der Waals surface area contributed by atoms with E-state index >= 15 is 0 Å². The van der Waals surface area contributed by atoms with Gasteiger partial charge in [0.2, 0.25) is 10.0 Å². The Balaban J connectivity index is 2.36. The lowest BCUT2D eigenvalue weighted by molar-refractivity contribution is 0.0537. The number of rotatable bonds is 3. The smallest absolute Gasteiger partial charge is 0.241 e. The maximum absolute atomic E-state index is 12.6. The Morgan fingerprint density at radius 3 is 2.55 bits per heavy atom. The Morgan fingerprint density at radius 2 is 1.95 bits per heavy atom. The first-order chi connectivity index (χ1) is 9.23. The van der Waals surface area contributed by atoms with Crippen LogP contribution in [0.2, 0.25) is 0 Å². The van der Waals surface area contributed by atoms with Gasteiger partial charge in [-0.25, -0.2) is 13.1 Å². The van der Waals surface area contributed by atoms with Crippen LogP contribution in [0.4, 0.5) is 5.69 Å². The average Bonchev–Trinajstić information content (AvgIpc) is 2.33. The van der Waals surface area contributed by atoms with Gasteiger partial charge in [0.25, 0.3) is 0 Å². The fraction of sp³-hybridized carbons (Fsp3) is 0.538. The van der Waals surface area contributed by atoms with Gasteiger partial charge in [-0.1, -0.05) is 15.9 Å². The Labute approximate surface area is 128 Å². The van der Waals surface area contributed by atoms with Gasteiger partial charge in [0.05, 0.1) is 4.90 Å². The molecule has 1 heterocycles. The standard InChI is InChI=1S/C13H19BrN2O3S/c1-9-11(15)7-10(14)8-12(9)20(17,18)16-13(2)3-5-19-6-4-13/h7-8,16H,3-6,15H2,1-2H3. The summed E-state index contributed by atoms with van der Waals surface area (Å²) in [7, 11) is -3.61. The van der Waals surface area contributed by atoms with Crippen molar-refractivity contribution < 1.29 is 13.2 Å². The number of anilines is 1. The van der Waals surface area contributed by atoms with Crippen molar-refractivity contribution >= 4 is 31.6 Å². The molecule has 20 heavy (non-hydrogen) atoms. The van der Waals surface area contributed by atoms with E-state index in [2.05, 4.69) is 20.7 Å². The Morgan fingerprint density at radius 1 is 1.35 bits per heavy atom. The number of hydrogen-bond acceptors (Lipinski definition) is 4. The van der Waals surface area contributed by atoms with E-state index in [1.807, 2.05) is 6.92 Å². The van der Waals surface area contributed by atoms with Crippen molar-refractivity contribution in [3.8, 4) is 0 Å². The lowest BCUT2D eigenvalue weighted by atomic mass is 9.94. The number of ether oxygens (including phenoxy) is 1. The maximum Gasteiger partial charge on any atom is 0.241 e. The second kappa shape index (κ2) is 5.63. The zero-order valence-corrected chi connectivity index (χ0v) is 14.0. The molecule has 0 radical (unpaired) electrons. The first-order valence-corrected chi connectivity index (χ1v) is 8.68. The van der Waals surface area contributed by atoms with Gasteiger partial charge in [-0.3, -0.25) is 0 Å². The molecule has 1 aliphatic heterocycles. The van der Waals surface area contributed by atoms with E-state index in [0.29, 0.717) is 41.8 Å². The summed E-state index contributed by atoms with van der Waals surface area (Å²) in [5.74, 6) is 0. The van der Waals surface area contributed by atoms with Gasteiger partial charge in [-0.05, 0) is 44.4 Å². The molecule has 7 heteroatoms. The van der Waals surface area contributed by atoms with Crippen LogP contribution in [-0.2, 0) is 14.8 Å². The summed E-state index contributed by atoms with van der Waals surface area (Å²) in [6.45, 7) is 4.75. The van der Waals surface area contributed by atoms with Crippen LogP contribution in [0.3, 0.4) is 0 Å². The van der Waals surface area contributed by atoms with Crippen molar-refractivity contribution in [3.63, 3.8) is 0 Å². The summed E-state index contributed by atoms with van der Waals surface area (Å²) in [5, 5.41) is 0. The third-order valence-electron chi connectivity index (χ3n) is 3.63. The fourth-order valence-electron chi connectivity index (χ4n) is 2.26. The summed E-state index contributed by atoms with van der Waals surface area (Å²) in [6.07, 6.45) is 1.32. The first kappa shape index (κ1) is 15.8. The first-order valence-electron chi connectivity index (χ1n) is 6.41. The van der Waals surface area contributed by atoms with E-state index in [4.69, 9.17) is 10.5 Å². The number of benzene rings is 1. The molecule has 3 N–H and O–H groups in total. The van der Waals surface area contributed by atoms with Crippen molar-refractivity contribution in [3.05, 3.63) is 22.2 Å². The van der Waals surface area contributed by atoms with Crippen LogP contribution in [0, 0.1) is 6.92 Å². The van der Waals surface area contributed by atoms with Crippen LogP contribution in [-0.4, -0.2) is 27.2 Å². The quantitative estimate of drug-likeness (QED) is 0.807. The highest BCUT2D eigenvalue weighted by atomic mass is 79.9. The topological polar surface area (TPSA) is 81.4 Å². The Bertz CT molecular complexity index is 610. The third kappa shape index (κ3) is 3.33. The molecule has 1 aromatic rings. The molecular weight excluding hydrogens is 344 g/mol. The van der Waals surface area contributed by atoms with Crippen LogP contribution in [0.5, 0.6) is 0 Å². The molecule has 1 aromatic carbocycles. The highest BCUT2D eigenvalue weighted by Crippen LogP contribution is 2.29. The minimum Gasteiger partial charge on any atom is -0.398 e. The minimum atomic E-state index is -3.61. The molecular formula is C13H19BrN2O3S. The van der Waals surface area contributed by atoms with Crippen molar-refractivity contribution in [1.29, 1.82) is 0 Å². The maximum atomic E-state index is 12.6. The molecule has 1 saturated heterocycles. The van der Waals surface area contributed by atoms with Crippen molar-refractivity contribution in [2.45, 2.75) is 37.1 Å². The Hall–Kier alpha value is -0.630. The molecule has 1 aliphatic rings. The lowest BCUT2D eigenvalue weighted by Gasteiger charge is -2.34. The monoisotopic (exact) mass is 362 g/mol. The van der Waals surface area contributed by atoms with Crippen molar-refractivity contribution in [2.75, 3.05) is 18.9 Å². The van der Waals surface area contributed by atoms with Gasteiger partial charge >= 0.3 is 0 Å². The third-order valence-corrected chi connectivity index (χ3v) is 5.85. The number of halogens is 1. The molecule has 0 unspecified atom stereocenters. The molecule has 5 nitrogen and oxygen atoms in total. The van der Waals surface area contributed by atoms with E-state index < -0.39 is 15.6 Å². The summed E-state index contributed by atoms with van der Waals surface area (Å²) in [6, 6.07) is 3.28. The van der Waals surface area contributed by atoms with Crippen LogP contribution < -0.4 is 10.5 Å². The number of sulfonamides is 1.